The van der Waals surface area contributed by atoms with Crippen molar-refractivity contribution in [2.75, 3.05) is 0 Å². The highest BCUT2D eigenvalue weighted by Gasteiger charge is 2.30. The van der Waals surface area contributed by atoms with Gasteiger partial charge >= 0.3 is 0 Å². The summed E-state index contributed by atoms with van der Waals surface area (Å²) >= 11 is 6.10. The van der Waals surface area contributed by atoms with E-state index in [0.29, 0.717) is 12.5 Å². The predicted molar refractivity (Wildman–Crippen MR) is 59.0 cm³/mol. The van der Waals surface area contributed by atoms with E-state index >= 15 is 0 Å². The summed E-state index contributed by atoms with van der Waals surface area (Å²) in [5.74, 6) is -3.08. The summed E-state index contributed by atoms with van der Waals surface area (Å²) in [4.78, 5) is 0. The average molecular weight is 251 g/mol. The summed E-state index contributed by atoms with van der Waals surface area (Å²) in [5, 5.41) is -0.687. The van der Waals surface area contributed by atoms with Crippen molar-refractivity contribution in [3.8, 4) is 0 Å². The van der Waals surface area contributed by atoms with Crippen LogP contribution < -0.4 is 0 Å². The second-order valence-corrected chi connectivity index (χ2v) is 4.93. The predicted octanol–water partition coefficient (Wildman–Crippen LogP) is 4.82. The Kier molecular flexibility index (Phi) is 3.89. The van der Waals surface area contributed by atoms with Crippen molar-refractivity contribution in [2.45, 2.75) is 32.6 Å². The van der Waals surface area contributed by atoms with E-state index in [-0.39, 0.29) is 11.0 Å². The lowest BCUT2D eigenvalue weighted by Gasteiger charge is -2.29. The largest absolute Gasteiger partial charge is 0.207 e. The minimum Gasteiger partial charge on any atom is -0.207 e. The van der Waals surface area contributed by atoms with Crippen LogP contribution in [-0.4, -0.2) is 0 Å². The topological polar surface area (TPSA) is 0 Å². The molecule has 0 aliphatic carbocycles. The monoisotopic (exact) mass is 250 g/mol. The summed E-state index contributed by atoms with van der Waals surface area (Å²) in [6.07, 6.45) is 0.708. The van der Waals surface area contributed by atoms with Gasteiger partial charge in [-0.2, -0.15) is 0 Å². The van der Waals surface area contributed by atoms with E-state index in [9.17, 15) is 13.2 Å². The van der Waals surface area contributed by atoms with Gasteiger partial charge in [-0.05, 0) is 17.9 Å². The minimum absolute atomic E-state index is 0.00687. The molecule has 0 aliphatic heterocycles. The molecule has 4 heteroatoms. The zero-order valence-electron chi connectivity index (χ0n) is 9.45. The molecule has 0 amide bonds. The Morgan fingerprint density at radius 1 is 1.12 bits per heavy atom. The highest BCUT2D eigenvalue weighted by Crippen LogP contribution is 2.42. The Morgan fingerprint density at radius 3 is 2.12 bits per heavy atom. The molecule has 0 saturated heterocycles. The second kappa shape index (κ2) is 4.66. The zero-order chi connectivity index (χ0) is 12.5. The van der Waals surface area contributed by atoms with Crippen LogP contribution in [0.5, 0.6) is 0 Å². The number of hydrogen-bond donors (Lipinski definition) is 0. The molecule has 0 aromatic heterocycles. The van der Waals surface area contributed by atoms with E-state index < -0.39 is 22.8 Å². The molecule has 1 aromatic rings. The molecule has 0 spiro atoms. The lowest BCUT2D eigenvalue weighted by molar-refractivity contribution is 0.328. The number of alkyl halides is 1. The molecule has 1 aromatic carbocycles. The lowest BCUT2D eigenvalue weighted by Crippen LogP contribution is -2.18. The van der Waals surface area contributed by atoms with Crippen LogP contribution >= 0.6 is 11.6 Å². The van der Waals surface area contributed by atoms with Crippen LogP contribution in [0.2, 0.25) is 0 Å². The van der Waals surface area contributed by atoms with Crippen molar-refractivity contribution < 1.29 is 13.2 Å². The van der Waals surface area contributed by atoms with Gasteiger partial charge < -0.3 is 0 Å². The van der Waals surface area contributed by atoms with Crippen molar-refractivity contribution in [1.29, 1.82) is 0 Å². The van der Waals surface area contributed by atoms with Gasteiger partial charge in [-0.25, -0.2) is 13.2 Å². The SMILES string of the molecule is CCC(C)(C)C(Cl)c1cc(F)c(F)cc1F. The first-order valence-electron chi connectivity index (χ1n) is 5.08. The molecule has 1 unspecified atom stereocenters. The van der Waals surface area contributed by atoms with Crippen LogP contribution in [0.15, 0.2) is 12.1 Å². The van der Waals surface area contributed by atoms with Crippen LogP contribution in [-0.2, 0) is 0 Å². The number of halogens is 4. The van der Waals surface area contributed by atoms with E-state index in [0.717, 1.165) is 6.07 Å². The number of rotatable bonds is 3. The first-order chi connectivity index (χ1) is 7.29. The maximum absolute atomic E-state index is 13.5. The molecule has 90 valence electrons. The summed E-state index contributed by atoms with van der Waals surface area (Å²) < 4.78 is 39.2. The average Bonchev–Trinajstić information content (AvgIpc) is 2.22. The Labute approximate surface area is 98.4 Å². The van der Waals surface area contributed by atoms with Gasteiger partial charge in [0, 0.05) is 11.6 Å². The van der Waals surface area contributed by atoms with E-state index in [1.54, 1.807) is 0 Å². The highest BCUT2D eigenvalue weighted by atomic mass is 35.5. The minimum atomic E-state index is -1.19. The Balaban J connectivity index is 3.19. The smallest absolute Gasteiger partial charge is 0.161 e. The molecule has 16 heavy (non-hydrogen) atoms. The van der Waals surface area contributed by atoms with Gasteiger partial charge in [0.15, 0.2) is 11.6 Å². The van der Waals surface area contributed by atoms with Crippen LogP contribution in [0, 0.1) is 22.9 Å². The van der Waals surface area contributed by atoms with Crippen molar-refractivity contribution in [3.05, 3.63) is 35.1 Å². The van der Waals surface area contributed by atoms with Crippen molar-refractivity contribution in [2.24, 2.45) is 5.41 Å². The standard InChI is InChI=1S/C12H14ClF3/c1-4-12(2,3)11(13)7-5-9(15)10(16)6-8(7)14/h5-6,11H,4H2,1-3H3. The van der Waals surface area contributed by atoms with Crippen LogP contribution in [0.3, 0.4) is 0 Å². The first-order valence-corrected chi connectivity index (χ1v) is 5.51. The van der Waals surface area contributed by atoms with Gasteiger partial charge in [0.1, 0.15) is 5.82 Å². The Morgan fingerprint density at radius 2 is 1.62 bits per heavy atom. The van der Waals surface area contributed by atoms with E-state index in [1.807, 2.05) is 20.8 Å². The van der Waals surface area contributed by atoms with Crippen LogP contribution in [0.25, 0.3) is 0 Å². The van der Waals surface area contributed by atoms with Gasteiger partial charge in [0.25, 0.3) is 0 Å². The fourth-order valence-corrected chi connectivity index (χ4v) is 1.65. The van der Waals surface area contributed by atoms with Crippen LogP contribution in [0.1, 0.15) is 38.1 Å². The van der Waals surface area contributed by atoms with E-state index in [2.05, 4.69) is 0 Å². The molecular weight excluding hydrogens is 237 g/mol. The van der Waals surface area contributed by atoms with E-state index in [4.69, 9.17) is 11.6 Å². The quantitative estimate of drug-likeness (QED) is 0.533. The van der Waals surface area contributed by atoms with Gasteiger partial charge in [-0.1, -0.05) is 20.8 Å². The molecule has 0 nitrogen and oxygen atoms in total. The lowest BCUT2D eigenvalue weighted by atomic mass is 9.82. The van der Waals surface area contributed by atoms with Crippen molar-refractivity contribution >= 4 is 11.6 Å². The molecular formula is C12H14ClF3. The third-order valence-electron chi connectivity index (χ3n) is 2.91. The normalized spacial score (nSPS) is 13.9. The molecule has 0 N–H and O–H groups in total. The zero-order valence-corrected chi connectivity index (χ0v) is 10.2. The first kappa shape index (κ1) is 13.4. The summed E-state index contributed by atoms with van der Waals surface area (Å²) in [6, 6.07) is 1.37. The van der Waals surface area contributed by atoms with Gasteiger partial charge in [-0.3, -0.25) is 0 Å². The number of benzene rings is 1. The molecule has 0 bridgehead atoms. The maximum Gasteiger partial charge on any atom is 0.161 e. The van der Waals surface area contributed by atoms with Crippen molar-refractivity contribution in [1.82, 2.24) is 0 Å². The maximum atomic E-state index is 13.5. The second-order valence-electron chi connectivity index (χ2n) is 4.49. The Hall–Kier alpha value is -0.700. The molecule has 1 atom stereocenters. The van der Waals surface area contributed by atoms with E-state index in [1.165, 1.54) is 0 Å². The summed E-state index contributed by atoms with van der Waals surface area (Å²) in [7, 11) is 0. The molecule has 0 saturated carbocycles. The summed E-state index contributed by atoms with van der Waals surface area (Å²) in [6.45, 7) is 5.61. The fraction of sp³-hybridized carbons (Fsp3) is 0.500. The molecule has 1 rings (SSSR count). The molecule has 0 aliphatic rings. The molecule has 0 radical (unpaired) electrons. The van der Waals surface area contributed by atoms with Gasteiger partial charge in [-0.15, -0.1) is 11.6 Å². The molecule has 0 fully saturated rings. The third-order valence-corrected chi connectivity index (χ3v) is 3.74. The number of hydrogen-bond acceptors (Lipinski definition) is 0. The van der Waals surface area contributed by atoms with Crippen LogP contribution in [0.4, 0.5) is 13.2 Å². The van der Waals surface area contributed by atoms with Gasteiger partial charge in [0.2, 0.25) is 0 Å². The highest BCUT2D eigenvalue weighted by molar-refractivity contribution is 6.21. The van der Waals surface area contributed by atoms with Crippen molar-refractivity contribution in [3.63, 3.8) is 0 Å². The fourth-order valence-electron chi connectivity index (χ4n) is 1.33. The summed E-state index contributed by atoms with van der Waals surface area (Å²) in [5.41, 5.74) is -0.375. The molecule has 0 heterocycles. The Bertz CT molecular complexity index is 388. The van der Waals surface area contributed by atoms with Gasteiger partial charge in [0.05, 0.1) is 5.38 Å². The third kappa shape index (κ3) is 2.51.